The molecule has 4 heteroatoms. The lowest BCUT2D eigenvalue weighted by Gasteiger charge is -2.19. The summed E-state index contributed by atoms with van der Waals surface area (Å²) in [6.45, 7) is 0.763. The fraction of sp³-hybridized carbons (Fsp3) is 0.846. The zero-order valence-corrected chi connectivity index (χ0v) is 10.3. The van der Waals surface area contributed by atoms with Crippen LogP contribution in [0.4, 0.5) is 0 Å². The lowest BCUT2D eigenvalue weighted by atomic mass is 9.87. The van der Waals surface area contributed by atoms with Crippen LogP contribution in [0.25, 0.3) is 0 Å². The van der Waals surface area contributed by atoms with Gasteiger partial charge in [-0.3, -0.25) is 0 Å². The average Bonchev–Trinajstić information content (AvgIpc) is 3.09. The van der Waals surface area contributed by atoms with Gasteiger partial charge in [0, 0.05) is 12.5 Å². The van der Waals surface area contributed by atoms with Crippen LogP contribution in [0.5, 0.6) is 0 Å². The number of hydrogen-bond acceptors (Lipinski definition) is 4. The third-order valence-corrected chi connectivity index (χ3v) is 3.82. The molecule has 94 valence electrons. The van der Waals surface area contributed by atoms with Gasteiger partial charge in [-0.2, -0.15) is 4.98 Å². The monoisotopic (exact) mass is 235 g/mol. The molecule has 0 bridgehead atoms. The van der Waals surface area contributed by atoms with Crippen LogP contribution in [-0.2, 0) is 13.0 Å². The zero-order chi connectivity index (χ0) is 11.5. The molecule has 4 nitrogen and oxygen atoms in total. The van der Waals surface area contributed by atoms with Crippen LogP contribution in [0.15, 0.2) is 4.52 Å². The van der Waals surface area contributed by atoms with Crippen molar-refractivity contribution < 1.29 is 4.52 Å². The number of nitrogens with zero attached hydrogens (tertiary/aromatic N) is 2. The maximum Gasteiger partial charge on any atom is 0.226 e. The van der Waals surface area contributed by atoms with E-state index >= 15 is 0 Å². The van der Waals surface area contributed by atoms with E-state index in [9.17, 15) is 0 Å². The normalized spacial score (nSPS) is 21.9. The Morgan fingerprint density at radius 1 is 1.12 bits per heavy atom. The van der Waals surface area contributed by atoms with Gasteiger partial charge in [0.05, 0.1) is 6.54 Å². The van der Waals surface area contributed by atoms with Crippen LogP contribution in [0.2, 0.25) is 0 Å². The molecule has 3 rings (SSSR count). The molecule has 0 saturated heterocycles. The third kappa shape index (κ3) is 3.28. The topological polar surface area (TPSA) is 51.0 Å². The van der Waals surface area contributed by atoms with E-state index in [1.54, 1.807) is 0 Å². The number of aromatic nitrogens is 2. The van der Waals surface area contributed by atoms with E-state index in [0.717, 1.165) is 30.6 Å². The summed E-state index contributed by atoms with van der Waals surface area (Å²) in [5.74, 6) is 2.43. The minimum Gasteiger partial charge on any atom is -0.339 e. The highest BCUT2D eigenvalue weighted by atomic mass is 16.5. The van der Waals surface area contributed by atoms with Gasteiger partial charge in [0.25, 0.3) is 0 Å². The summed E-state index contributed by atoms with van der Waals surface area (Å²) in [5, 5.41) is 7.44. The summed E-state index contributed by atoms with van der Waals surface area (Å²) in [4.78, 5) is 4.46. The first-order valence-corrected chi connectivity index (χ1v) is 6.95. The van der Waals surface area contributed by atoms with E-state index in [4.69, 9.17) is 4.52 Å². The molecule has 0 aromatic carbocycles. The Morgan fingerprint density at radius 2 is 1.94 bits per heavy atom. The van der Waals surface area contributed by atoms with Crippen LogP contribution < -0.4 is 5.32 Å². The molecular weight excluding hydrogens is 214 g/mol. The minimum absolute atomic E-state index is 0.704. The molecule has 1 aromatic rings. The molecule has 0 spiro atoms. The molecule has 0 unspecified atom stereocenters. The molecule has 2 aliphatic rings. The van der Waals surface area contributed by atoms with E-state index in [0.29, 0.717) is 6.04 Å². The van der Waals surface area contributed by atoms with Crippen molar-refractivity contribution in [3.05, 3.63) is 11.7 Å². The minimum atomic E-state index is 0.704. The molecule has 2 aliphatic carbocycles. The second-order valence-electron chi connectivity index (χ2n) is 5.47. The molecule has 1 N–H and O–H groups in total. The van der Waals surface area contributed by atoms with Gasteiger partial charge < -0.3 is 9.84 Å². The van der Waals surface area contributed by atoms with Gasteiger partial charge >= 0.3 is 0 Å². The first-order valence-electron chi connectivity index (χ1n) is 6.95. The van der Waals surface area contributed by atoms with E-state index < -0.39 is 0 Å². The molecule has 2 saturated carbocycles. The maximum absolute atomic E-state index is 5.32. The summed E-state index contributed by atoms with van der Waals surface area (Å²) in [6, 6.07) is 0.704. The maximum atomic E-state index is 5.32. The van der Waals surface area contributed by atoms with Gasteiger partial charge in [-0.25, -0.2) is 0 Å². The highest BCUT2D eigenvalue weighted by molar-refractivity contribution is 4.90. The fourth-order valence-electron chi connectivity index (χ4n) is 2.61. The smallest absolute Gasteiger partial charge is 0.226 e. The average molecular weight is 235 g/mol. The molecule has 1 aromatic heterocycles. The van der Waals surface area contributed by atoms with Gasteiger partial charge in [-0.05, 0) is 31.6 Å². The Morgan fingerprint density at radius 3 is 2.71 bits per heavy atom. The third-order valence-electron chi connectivity index (χ3n) is 3.82. The standard InChI is InChI=1S/C13H21N3O/c1-2-4-10(5-3-1)8-13-15-12(16-17-13)9-14-11-6-7-11/h10-11,14H,1-9H2. The molecule has 2 fully saturated rings. The van der Waals surface area contributed by atoms with Crippen molar-refractivity contribution in [3.8, 4) is 0 Å². The van der Waals surface area contributed by atoms with E-state index in [1.165, 1.54) is 44.9 Å². The summed E-state index contributed by atoms with van der Waals surface area (Å²) in [6.07, 6.45) is 10.4. The van der Waals surface area contributed by atoms with Gasteiger partial charge in [0.1, 0.15) is 0 Å². The van der Waals surface area contributed by atoms with Crippen LogP contribution in [0, 0.1) is 5.92 Å². The molecule has 0 aliphatic heterocycles. The zero-order valence-electron chi connectivity index (χ0n) is 10.3. The van der Waals surface area contributed by atoms with Gasteiger partial charge in [-0.1, -0.05) is 24.4 Å². The van der Waals surface area contributed by atoms with Crippen molar-refractivity contribution >= 4 is 0 Å². The predicted octanol–water partition coefficient (Wildman–Crippen LogP) is 2.44. The van der Waals surface area contributed by atoms with Crippen molar-refractivity contribution in [1.29, 1.82) is 0 Å². The van der Waals surface area contributed by atoms with Crippen LogP contribution >= 0.6 is 0 Å². The number of rotatable bonds is 5. The highest BCUT2D eigenvalue weighted by Gasteiger charge is 2.21. The highest BCUT2D eigenvalue weighted by Crippen LogP contribution is 2.26. The fourth-order valence-corrected chi connectivity index (χ4v) is 2.61. The number of nitrogens with one attached hydrogen (secondary N) is 1. The second kappa shape index (κ2) is 5.17. The first-order chi connectivity index (χ1) is 8.40. The largest absolute Gasteiger partial charge is 0.339 e. The van der Waals surface area contributed by atoms with Crippen LogP contribution in [-0.4, -0.2) is 16.2 Å². The lowest BCUT2D eigenvalue weighted by Crippen LogP contribution is -2.16. The summed E-state index contributed by atoms with van der Waals surface area (Å²) in [5.41, 5.74) is 0. The summed E-state index contributed by atoms with van der Waals surface area (Å²) >= 11 is 0. The molecule has 0 atom stereocenters. The number of hydrogen-bond donors (Lipinski definition) is 1. The predicted molar refractivity (Wildman–Crippen MR) is 64.4 cm³/mol. The van der Waals surface area contributed by atoms with Crippen LogP contribution in [0.1, 0.15) is 56.7 Å². The second-order valence-corrected chi connectivity index (χ2v) is 5.47. The van der Waals surface area contributed by atoms with Crippen molar-refractivity contribution in [2.75, 3.05) is 0 Å². The molecule has 0 amide bonds. The first kappa shape index (κ1) is 11.2. The molecule has 17 heavy (non-hydrogen) atoms. The Kier molecular flexibility index (Phi) is 3.41. The Labute approximate surface area is 102 Å². The quantitative estimate of drug-likeness (QED) is 0.851. The van der Waals surface area contributed by atoms with E-state index in [-0.39, 0.29) is 0 Å². The van der Waals surface area contributed by atoms with Crippen molar-refractivity contribution in [1.82, 2.24) is 15.5 Å². The van der Waals surface area contributed by atoms with Crippen molar-refractivity contribution in [2.24, 2.45) is 5.92 Å². The summed E-state index contributed by atoms with van der Waals surface area (Å²) < 4.78 is 5.32. The van der Waals surface area contributed by atoms with E-state index in [1.807, 2.05) is 0 Å². The molecule has 0 radical (unpaired) electrons. The van der Waals surface area contributed by atoms with Gasteiger partial charge in [-0.15, -0.1) is 0 Å². The van der Waals surface area contributed by atoms with Crippen molar-refractivity contribution in [3.63, 3.8) is 0 Å². The molecule has 1 heterocycles. The summed E-state index contributed by atoms with van der Waals surface area (Å²) in [7, 11) is 0. The van der Waals surface area contributed by atoms with Gasteiger partial charge in [0.15, 0.2) is 5.82 Å². The lowest BCUT2D eigenvalue weighted by molar-refractivity contribution is 0.303. The Balaban J connectivity index is 1.48. The van der Waals surface area contributed by atoms with E-state index in [2.05, 4.69) is 15.5 Å². The Hall–Kier alpha value is -0.900. The van der Waals surface area contributed by atoms with Crippen LogP contribution in [0.3, 0.4) is 0 Å². The van der Waals surface area contributed by atoms with Crippen molar-refractivity contribution in [2.45, 2.75) is 64.0 Å². The SMILES string of the molecule is C1CCC(Cc2nc(CNC3CC3)no2)CC1. The Bertz CT molecular complexity index is 353. The van der Waals surface area contributed by atoms with Gasteiger partial charge in [0.2, 0.25) is 5.89 Å². The molecular formula is C13H21N3O.